The average Bonchev–Trinajstić information content (AvgIpc) is 3.57. The molecule has 210 valence electrons. The van der Waals surface area contributed by atoms with Gasteiger partial charge in [0.25, 0.3) is 5.91 Å². The molecule has 0 spiro atoms. The van der Waals surface area contributed by atoms with Gasteiger partial charge in [0.2, 0.25) is 5.91 Å². The molecule has 0 radical (unpaired) electrons. The average molecular weight is 595 g/mol. The van der Waals surface area contributed by atoms with Gasteiger partial charge in [-0.3, -0.25) is 24.1 Å². The smallest absolute Gasteiger partial charge is 0.324 e. The van der Waals surface area contributed by atoms with Gasteiger partial charge in [0.15, 0.2) is 11.9 Å². The second-order valence-corrected chi connectivity index (χ2v) is 12.0. The molecule has 42 heavy (non-hydrogen) atoms. The first-order chi connectivity index (χ1) is 20.4. The number of nitrogens with zero attached hydrogens (tertiary/aromatic N) is 2. The van der Waals surface area contributed by atoms with Crippen LogP contribution in [0.5, 0.6) is 0 Å². The molecule has 1 aromatic heterocycles. The minimum atomic E-state index is -1.03. The number of Topliss-reactive ketones (excluding diaryl/α,β-unsaturated/α-hetero) is 1. The molecule has 3 aromatic carbocycles. The van der Waals surface area contributed by atoms with Crippen LogP contribution in [0.3, 0.4) is 0 Å². The number of rotatable bonds is 8. The van der Waals surface area contributed by atoms with Gasteiger partial charge < -0.3 is 9.64 Å². The zero-order valence-electron chi connectivity index (χ0n) is 22.5. The zero-order valence-corrected chi connectivity index (χ0v) is 24.2. The van der Waals surface area contributed by atoms with Crippen molar-refractivity contribution in [2.75, 3.05) is 4.90 Å². The number of esters is 1. The molecule has 4 aromatic rings. The van der Waals surface area contributed by atoms with Gasteiger partial charge in [-0.25, -0.2) is 0 Å². The lowest BCUT2D eigenvalue weighted by Crippen LogP contribution is -2.70. The van der Waals surface area contributed by atoms with Crippen LogP contribution in [-0.2, 0) is 19.1 Å². The first-order valence-electron chi connectivity index (χ1n) is 13.4. The highest BCUT2D eigenvalue weighted by atomic mass is 32.2. The molecule has 0 bridgehead atoms. The first-order valence-corrected chi connectivity index (χ1v) is 15.2. The number of β-lactam (4-membered cyclic amide) rings is 1. The molecule has 6 rings (SSSR count). The summed E-state index contributed by atoms with van der Waals surface area (Å²) in [6.07, 6.45) is 0.763. The maximum absolute atomic E-state index is 14.1. The highest BCUT2D eigenvalue weighted by Crippen LogP contribution is 2.46. The number of hydrogen-bond donors (Lipinski definition) is 0. The summed E-state index contributed by atoms with van der Waals surface area (Å²) in [5.41, 5.74) is 2.13. The SMILES string of the molecule is CC(=O)N(c1cccs1)C1C(=O)N2C=C(C(=O)c3ccccc3)C(C(=O)OC(c3ccccc3)c3ccccc3)S[C@H]12. The molecule has 0 saturated carbocycles. The third kappa shape index (κ3) is 5.17. The van der Waals surface area contributed by atoms with Crippen LogP contribution in [0.1, 0.15) is 34.5 Å². The summed E-state index contributed by atoms with van der Waals surface area (Å²) in [6, 6.07) is 30.3. The van der Waals surface area contributed by atoms with Gasteiger partial charge in [-0.05, 0) is 28.6 Å². The number of carbonyl (C=O) groups is 4. The third-order valence-electron chi connectivity index (χ3n) is 7.20. The number of fused-ring (bicyclic) bond motifs is 1. The Balaban J connectivity index is 1.37. The maximum atomic E-state index is 14.1. The molecule has 7 nitrogen and oxygen atoms in total. The molecule has 3 heterocycles. The van der Waals surface area contributed by atoms with E-state index in [0.717, 1.165) is 22.9 Å². The second-order valence-electron chi connectivity index (χ2n) is 9.86. The van der Waals surface area contributed by atoms with Crippen LogP contribution in [0.25, 0.3) is 0 Å². The molecule has 1 fully saturated rings. The van der Waals surface area contributed by atoms with Crippen LogP contribution >= 0.6 is 23.1 Å². The summed E-state index contributed by atoms with van der Waals surface area (Å²) >= 11 is 2.52. The van der Waals surface area contributed by atoms with Crippen molar-refractivity contribution in [2.24, 2.45) is 0 Å². The van der Waals surface area contributed by atoms with E-state index in [1.54, 1.807) is 36.4 Å². The zero-order chi connectivity index (χ0) is 29.2. The monoisotopic (exact) mass is 594 g/mol. The quantitative estimate of drug-likeness (QED) is 0.145. The van der Waals surface area contributed by atoms with E-state index in [1.165, 1.54) is 34.3 Å². The number of amides is 2. The summed E-state index contributed by atoms with van der Waals surface area (Å²) in [5, 5.41) is 0.884. The fraction of sp³-hybridized carbons (Fsp3) is 0.152. The van der Waals surface area contributed by atoms with Gasteiger partial charge >= 0.3 is 5.97 Å². The topological polar surface area (TPSA) is 84.0 Å². The highest BCUT2D eigenvalue weighted by molar-refractivity contribution is 8.01. The molecule has 3 atom stereocenters. The number of ether oxygens (including phenoxy) is 1. The number of benzene rings is 3. The normalized spacial score (nSPS) is 19.4. The lowest BCUT2D eigenvalue weighted by molar-refractivity contribution is -0.147. The van der Waals surface area contributed by atoms with Crippen LogP contribution in [-0.4, -0.2) is 45.1 Å². The number of carbonyl (C=O) groups excluding carboxylic acids is 4. The lowest BCUT2D eigenvalue weighted by atomic mass is 9.98. The fourth-order valence-corrected chi connectivity index (χ4v) is 7.44. The van der Waals surface area contributed by atoms with E-state index in [9.17, 15) is 19.2 Å². The van der Waals surface area contributed by atoms with Gasteiger partial charge in [0, 0.05) is 24.3 Å². The molecule has 2 amide bonds. The molecule has 9 heteroatoms. The summed E-state index contributed by atoms with van der Waals surface area (Å²) in [5.74, 6) is -1.56. The molecule has 1 saturated heterocycles. The number of ketones is 1. The highest BCUT2D eigenvalue weighted by Gasteiger charge is 2.56. The Hall–Kier alpha value is -4.47. The molecule has 2 aliphatic heterocycles. The molecule has 2 unspecified atom stereocenters. The van der Waals surface area contributed by atoms with Crippen LogP contribution in [0, 0.1) is 0 Å². The molecule has 0 N–H and O–H groups in total. The predicted octanol–water partition coefficient (Wildman–Crippen LogP) is 5.85. The third-order valence-corrected chi connectivity index (χ3v) is 9.55. The Morgan fingerprint density at radius 2 is 1.43 bits per heavy atom. The Labute approximate surface area is 251 Å². The van der Waals surface area contributed by atoms with E-state index in [2.05, 4.69) is 0 Å². The van der Waals surface area contributed by atoms with Crippen molar-refractivity contribution in [1.29, 1.82) is 0 Å². The van der Waals surface area contributed by atoms with Crippen molar-refractivity contribution < 1.29 is 23.9 Å². The molecule has 2 aliphatic rings. The first kappa shape index (κ1) is 27.7. The van der Waals surface area contributed by atoms with Crippen LogP contribution in [0.2, 0.25) is 0 Å². The van der Waals surface area contributed by atoms with E-state index in [-0.39, 0.29) is 23.2 Å². The summed E-state index contributed by atoms with van der Waals surface area (Å²) in [6.45, 7) is 1.42. The Kier molecular flexibility index (Phi) is 7.78. The lowest BCUT2D eigenvalue weighted by Gasteiger charge is -2.51. The Bertz CT molecular complexity index is 1600. The van der Waals surface area contributed by atoms with E-state index in [0.29, 0.717) is 10.6 Å². The summed E-state index contributed by atoms with van der Waals surface area (Å²) in [4.78, 5) is 56.9. The fourth-order valence-electron chi connectivity index (χ4n) is 5.19. The van der Waals surface area contributed by atoms with Crippen LogP contribution in [0.15, 0.2) is 120 Å². The number of thiophene rings is 1. The number of hydrogen-bond acceptors (Lipinski definition) is 7. The Morgan fingerprint density at radius 1 is 0.833 bits per heavy atom. The van der Waals surface area contributed by atoms with Gasteiger partial charge in [-0.1, -0.05) is 91.0 Å². The van der Waals surface area contributed by atoms with Crippen molar-refractivity contribution in [2.45, 2.75) is 29.7 Å². The Morgan fingerprint density at radius 3 is 1.98 bits per heavy atom. The number of anilines is 1. The largest absolute Gasteiger partial charge is 0.451 e. The minimum absolute atomic E-state index is 0.157. The maximum Gasteiger partial charge on any atom is 0.324 e. The van der Waals surface area contributed by atoms with E-state index in [4.69, 9.17) is 4.74 Å². The number of thioether (sulfide) groups is 1. The van der Waals surface area contributed by atoms with Gasteiger partial charge in [0.05, 0.1) is 5.00 Å². The summed E-state index contributed by atoms with van der Waals surface area (Å²) in [7, 11) is 0. The van der Waals surface area contributed by atoms with Crippen LogP contribution in [0.4, 0.5) is 5.00 Å². The van der Waals surface area contributed by atoms with Crippen molar-refractivity contribution in [1.82, 2.24) is 4.90 Å². The predicted molar refractivity (Wildman–Crippen MR) is 163 cm³/mol. The van der Waals surface area contributed by atoms with Gasteiger partial charge in [0.1, 0.15) is 16.7 Å². The van der Waals surface area contributed by atoms with Crippen molar-refractivity contribution in [3.05, 3.63) is 137 Å². The molecular formula is C33H26N2O5S2. The summed E-state index contributed by atoms with van der Waals surface area (Å²) < 4.78 is 6.19. The molecule has 0 aliphatic carbocycles. The standard InChI is InChI=1S/C33H26N2O5S2/c1-21(36)35(26-18-11-19-41-26)27-31(38)34-20-25(28(37)22-12-5-2-6-13-22)30(42-32(27)34)33(39)40-29(23-14-7-3-8-15-23)24-16-9-4-10-17-24/h2-20,27,29-30,32H,1H3/t27?,30?,32-/m1/s1. The van der Waals surface area contributed by atoms with Crippen molar-refractivity contribution in [3.63, 3.8) is 0 Å². The van der Waals surface area contributed by atoms with E-state index < -0.39 is 28.7 Å². The van der Waals surface area contributed by atoms with Gasteiger partial charge in [-0.15, -0.1) is 23.1 Å². The minimum Gasteiger partial charge on any atom is -0.451 e. The van der Waals surface area contributed by atoms with Gasteiger partial charge in [-0.2, -0.15) is 0 Å². The van der Waals surface area contributed by atoms with Crippen molar-refractivity contribution >= 4 is 51.7 Å². The van der Waals surface area contributed by atoms with Crippen molar-refractivity contribution in [3.8, 4) is 0 Å². The van der Waals surface area contributed by atoms with Crippen LogP contribution < -0.4 is 4.90 Å². The van der Waals surface area contributed by atoms with E-state index in [1.807, 2.05) is 72.1 Å². The van der Waals surface area contributed by atoms with E-state index >= 15 is 0 Å². The molecular weight excluding hydrogens is 569 g/mol. The second kappa shape index (κ2) is 11.8.